The van der Waals surface area contributed by atoms with Crippen LogP contribution in [0.3, 0.4) is 0 Å². The van der Waals surface area contributed by atoms with Crippen LogP contribution in [-0.4, -0.2) is 43.1 Å². The molecule has 8 N–H and O–H groups in total. The fourth-order valence-electron chi connectivity index (χ4n) is 1.21. The van der Waals surface area contributed by atoms with Crippen LogP contribution < -0.4 is 27.8 Å². The largest absolute Gasteiger partial charge is 0.370 e. The molecular formula is C11H20N8. The summed E-state index contributed by atoms with van der Waals surface area (Å²) in [5, 5.41) is 5.78. The van der Waals surface area contributed by atoms with Gasteiger partial charge in [-0.2, -0.15) is 0 Å². The molecule has 0 saturated heterocycles. The molecule has 0 aliphatic carbocycles. The zero-order chi connectivity index (χ0) is 13.9. The predicted molar refractivity (Wildman–Crippen MR) is 77.9 cm³/mol. The quantitative estimate of drug-likeness (QED) is 0.245. The highest BCUT2D eigenvalue weighted by Gasteiger charge is 1.94. The van der Waals surface area contributed by atoms with E-state index in [4.69, 9.17) is 17.2 Å². The van der Waals surface area contributed by atoms with Crippen LogP contribution in [-0.2, 0) is 0 Å². The highest BCUT2D eigenvalue weighted by atomic mass is 15.1. The summed E-state index contributed by atoms with van der Waals surface area (Å²) in [5.74, 6) is 1.32. The van der Waals surface area contributed by atoms with Crippen molar-refractivity contribution in [1.82, 2.24) is 10.3 Å². The van der Waals surface area contributed by atoms with Crippen LogP contribution in [0, 0.1) is 0 Å². The van der Waals surface area contributed by atoms with Gasteiger partial charge in [-0.1, -0.05) is 6.07 Å². The second-order valence-electron chi connectivity index (χ2n) is 3.59. The monoisotopic (exact) mass is 264 g/mol. The van der Waals surface area contributed by atoms with Gasteiger partial charge in [0, 0.05) is 19.3 Å². The fraction of sp³-hybridized carbons (Fsp3) is 0.364. The van der Waals surface area contributed by atoms with Gasteiger partial charge < -0.3 is 27.8 Å². The van der Waals surface area contributed by atoms with E-state index in [1.54, 1.807) is 12.3 Å². The molecule has 0 spiro atoms. The lowest BCUT2D eigenvalue weighted by Crippen LogP contribution is -2.34. The van der Waals surface area contributed by atoms with Crippen LogP contribution in [0.5, 0.6) is 0 Å². The van der Waals surface area contributed by atoms with Crippen molar-refractivity contribution in [2.24, 2.45) is 27.2 Å². The van der Waals surface area contributed by atoms with E-state index >= 15 is 0 Å². The summed E-state index contributed by atoms with van der Waals surface area (Å²) >= 11 is 0. The molecule has 104 valence electrons. The molecule has 0 aliphatic rings. The van der Waals surface area contributed by atoms with Crippen molar-refractivity contribution in [3.05, 3.63) is 24.4 Å². The summed E-state index contributed by atoms with van der Waals surface area (Å²) in [4.78, 5) is 12.2. The molecule has 0 saturated carbocycles. The molecule has 8 nitrogen and oxygen atoms in total. The Hall–Kier alpha value is -2.35. The van der Waals surface area contributed by atoms with Gasteiger partial charge in [-0.25, -0.2) is 4.98 Å². The van der Waals surface area contributed by atoms with Crippen LogP contribution in [0.2, 0.25) is 0 Å². The molecule has 0 aromatic carbocycles. The minimum atomic E-state index is 0.304. The van der Waals surface area contributed by atoms with Crippen molar-refractivity contribution in [1.29, 1.82) is 0 Å². The van der Waals surface area contributed by atoms with Gasteiger partial charge in [0.25, 0.3) is 0 Å². The standard InChI is InChI=1S/C11H20N8/c12-4-6-16-10(13)17-7-8-18-11(14)19-9-3-1-2-5-15-9/h1-3,5H,4,6-8,12H2,(H3,13,16,17)(H3,14,15,18,19). The van der Waals surface area contributed by atoms with E-state index in [2.05, 4.69) is 25.6 Å². The van der Waals surface area contributed by atoms with Crippen molar-refractivity contribution in [3.63, 3.8) is 0 Å². The fourth-order valence-corrected chi connectivity index (χ4v) is 1.21. The Bertz CT molecular complexity index is 414. The summed E-state index contributed by atoms with van der Waals surface area (Å²) in [6, 6.07) is 5.49. The zero-order valence-corrected chi connectivity index (χ0v) is 10.7. The number of aromatic nitrogens is 1. The molecule has 8 heteroatoms. The van der Waals surface area contributed by atoms with Crippen LogP contribution in [0.25, 0.3) is 0 Å². The average Bonchev–Trinajstić information content (AvgIpc) is 2.42. The molecule has 0 bridgehead atoms. The summed E-state index contributed by atoms with van der Waals surface area (Å²) in [5.41, 5.74) is 16.6. The number of anilines is 1. The van der Waals surface area contributed by atoms with E-state index in [0.29, 0.717) is 43.9 Å². The van der Waals surface area contributed by atoms with Gasteiger partial charge in [0.15, 0.2) is 11.9 Å². The van der Waals surface area contributed by atoms with Gasteiger partial charge in [0.05, 0.1) is 13.1 Å². The van der Waals surface area contributed by atoms with E-state index in [-0.39, 0.29) is 0 Å². The Morgan fingerprint density at radius 3 is 2.63 bits per heavy atom. The molecule has 1 rings (SSSR count). The maximum Gasteiger partial charge on any atom is 0.194 e. The van der Waals surface area contributed by atoms with Crippen molar-refractivity contribution in [3.8, 4) is 0 Å². The third-order valence-corrected chi connectivity index (χ3v) is 2.03. The summed E-state index contributed by atoms with van der Waals surface area (Å²) in [6.45, 7) is 2.00. The third-order valence-electron chi connectivity index (χ3n) is 2.03. The van der Waals surface area contributed by atoms with Crippen molar-refractivity contribution in [2.45, 2.75) is 0 Å². The first-order chi connectivity index (χ1) is 9.22. The van der Waals surface area contributed by atoms with Gasteiger partial charge in [-0.3, -0.25) is 9.98 Å². The lowest BCUT2D eigenvalue weighted by atomic mass is 10.5. The van der Waals surface area contributed by atoms with Gasteiger partial charge in [-0.05, 0) is 12.1 Å². The van der Waals surface area contributed by atoms with Gasteiger partial charge in [0.1, 0.15) is 5.82 Å². The molecule has 0 fully saturated rings. The lowest BCUT2D eigenvalue weighted by molar-refractivity contribution is 0.853. The van der Waals surface area contributed by atoms with Crippen molar-refractivity contribution < 1.29 is 0 Å². The maximum absolute atomic E-state index is 5.70. The lowest BCUT2D eigenvalue weighted by Gasteiger charge is -2.05. The van der Waals surface area contributed by atoms with Crippen molar-refractivity contribution >= 4 is 17.7 Å². The first kappa shape index (κ1) is 14.7. The number of hydrogen-bond acceptors (Lipinski definition) is 4. The Morgan fingerprint density at radius 1 is 1.16 bits per heavy atom. The normalized spacial score (nSPS) is 12.3. The number of nitrogens with one attached hydrogen (secondary N) is 2. The number of nitrogens with zero attached hydrogens (tertiary/aromatic N) is 3. The van der Waals surface area contributed by atoms with Crippen LogP contribution in [0.4, 0.5) is 5.82 Å². The molecule has 0 aliphatic heterocycles. The summed E-state index contributed by atoms with van der Waals surface area (Å²) < 4.78 is 0. The first-order valence-electron chi connectivity index (χ1n) is 5.94. The first-order valence-corrected chi connectivity index (χ1v) is 5.94. The van der Waals surface area contributed by atoms with Crippen LogP contribution >= 0.6 is 0 Å². The van der Waals surface area contributed by atoms with E-state index in [0.717, 1.165) is 0 Å². The molecule has 1 aromatic rings. The summed E-state index contributed by atoms with van der Waals surface area (Å²) in [7, 11) is 0. The van der Waals surface area contributed by atoms with E-state index in [1.165, 1.54) is 0 Å². The minimum Gasteiger partial charge on any atom is -0.370 e. The highest BCUT2D eigenvalue weighted by Crippen LogP contribution is 1.98. The second kappa shape index (κ2) is 8.70. The van der Waals surface area contributed by atoms with Crippen LogP contribution in [0.1, 0.15) is 0 Å². The topological polar surface area (TPSA) is 140 Å². The Kier molecular flexibility index (Phi) is 6.73. The molecule has 0 atom stereocenters. The van der Waals surface area contributed by atoms with E-state index < -0.39 is 0 Å². The molecule has 1 heterocycles. The van der Waals surface area contributed by atoms with Gasteiger partial charge >= 0.3 is 0 Å². The number of rotatable bonds is 6. The Labute approximate surface area is 112 Å². The Balaban J connectivity index is 2.25. The molecule has 0 unspecified atom stereocenters. The Morgan fingerprint density at radius 2 is 1.95 bits per heavy atom. The maximum atomic E-state index is 5.70. The predicted octanol–water partition coefficient (Wildman–Crippen LogP) is -1.33. The SMILES string of the molecule is NCCN=C(N)NCCN=C(N)Nc1ccccn1. The molecule has 0 amide bonds. The number of guanidine groups is 2. The van der Waals surface area contributed by atoms with Crippen LogP contribution in [0.15, 0.2) is 34.4 Å². The van der Waals surface area contributed by atoms with Gasteiger partial charge in [-0.15, -0.1) is 0 Å². The average molecular weight is 264 g/mol. The molecular weight excluding hydrogens is 244 g/mol. The number of aliphatic imine (C=N–C) groups is 2. The van der Waals surface area contributed by atoms with E-state index in [1.807, 2.05) is 12.1 Å². The number of hydrogen-bond donors (Lipinski definition) is 5. The summed E-state index contributed by atoms with van der Waals surface area (Å²) in [6.07, 6.45) is 1.67. The van der Waals surface area contributed by atoms with Crippen molar-refractivity contribution in [2.75, 3.05) is 31.5 Å². The minimum absolute atomic E-state index is 0.304. The zero-order valence-electron chi connectivity index (χ0n) is 10.7. The molecule has 1 aromatic heterocycles. The smallest absolute Gasteiger partial charge is 0.194 e. The molecule has 19 heavy (non-hydrogen) atoms. The third kappa shape index (κ3) is 6.84. The van der Waals surface area contributed by atoms with E-state index in [9.17, 15) is 0 Å². The highest BCUT2D eigenvalue weighted by molar-refractivity contribution is 5.91. The molecule has 0 radical (unpaired) electrons. The second-order valence-corrected chi connectivity index (χ2v) is 3.59. The number of pyridine rings is 1. The number of nitrogens with two attached hydrogens (primary N) is 3. The van der Waals surface area contributed by atoms with Gasteiger partial charge in [0.2, 0.25) is 0 Å².